The SMILES string of the molecule is O=C(c1cnc2sccn2c1=O)N1Cc2ccccc2OC2(CCOCC2)C1. The Kier molecular flexibility index (Phi) is 4.17. The number of carbonyl (C=O) groups is 1. The lowest BCUT2D eigenvalue weighted by atomic mass is 9.93. The van der Waals surface area contributed by atoms with Gasteiger partial charge in [-0.05, 0) is 6.07 Å². The Labute approximate surface area is 165 Å². The molecule has 8 heteroatoms. The van der Waals surface area contributed by atoms with E-state index in [1.165, 1.54) is 21.9 Å². The summed E-state index contributed by atoms with van der Waals surface area (Å²) in [6.07, 6.45) is 4.44. The molecule has 0 atom stereocenters. The first-order chi connectivity index (χ1) is 13.7. The van der Waals surface area contributed by atoms with Crippen LogP contribution in [0.5, 0.6) is 5.75 Å². The van der Waals surface area contributed by atoms with E-state index >= 15 is 0 Å². The van der Waals surface area contributed by atoms with Crippen LogP contribution in [-0.2, 0) is 11.3 Å². The number of nitrogens with zero attached hydrogens (tertiary/aromatic N) is 3. The van der Waals surface area contributed by atoms with Crippen LogP contribution in [0.1, 0.15) is 28.8 Å². The van der Waals surface area contributed by atoms with Gasteiger partial charge in [-0.1, -0.05) is 18.2 Å². The maximum atomic E-state index is 13.4. The fourth-order valence-electron chi connectivity index (χ4n) is 3.90. The van der Waals surface area contributed by atoms with E-state index in [9.17, 15) is 9.59 Å². The van der Waals surface area contributed by atoms with Crippen molar-refractivity contribution in [3.05, 3.63) is 63.5 Å². The second-order valence-electron chi connectivity index (χ2n) is 7.20. The van der Waals surface area contributed by atoms with Crippen LogP contribution in [0.25, 0.3) is 4.96 Å². The fraction of sp³-hybridized carbons (Fsp3) is 0.350. The van der Waals surface area contributed by atoms with Crippen LogP contribution in [0.4, 0.5) is 0 Å². The van der Waals surface area contributed by atoms with Crippen LogP contribution >= 0.6 is 11.3 Å². The maximum absolute atomic E-state index is 13.4. The average Bonchev–Trinajstić information content (AvgIpc) is 3.13. The van der Waals surface area contributed by atoms with Crippen LogP contribution in [0, 0.1) is 0 Å². The molecule has 5 rings (SSSR count). The number of para-hydroxylation sites is 1. The van der Waals surface area contributed by atoms with Crippen molar-refractivity contribution in [2.75, 3.05) is 19.8 Å². The lowest BCUT2D eigenvalue weighted by Crippen LogP contribution is -2.51. The summed E-state index contributed by atoms with van der Waals surface area (Å²) in [6, 6.07) is 7.76. The fourth-order valence-corrected chi connectivity index (χ4v) is 4.57. The monoisotopic (exact) mass is 397 g/mol. The Morgan fingerprint density at radius 2 is 2.04 bits per heavy atom. The Balaban J connectivity index is 1.56. The van der Waals surface area contributed by atoms with Crippen LogP contribution in [0.15, 0.2) is 46.8 Å². The molecular weight excluding hydrogens is 378 g/mol. The van der Waals surface area contributed by atoms with Crippen molar-refractivity contribution in [3.8, 4) is 5.75 Å². The number of fused-ring (bicyclic) bond motifs is 2. The summed E-state index contributed by atoms with van der Waals surface area (Å²) in [5.41, 5.74) is 0.175. The van der Waals surface area contributed by atoms with Gasteiger partial charge in [0.25, 0.3) is 11.5 Å². The summed E-state index contributed by atoms with van der Waals surface area (Å²) in [5, 5.41) is 1.78. The molecule has 1 aromatic carbocycles. The van der Waals surface area contributed by atoms with Gasteiger partial charge in [-0.25, -0.2) is 4.98 Å². The van der Waals surface area contributed by atoms with Gasteiger partial charge in [0.2, 0.25) is 0 Å². The predicted octanol–water partition coefficient (Wildman–Crippen LogP) is 2.34. The molecule has 1 saturated heterocycles. The number of hydrogen-bond acceptors (Lipinski definition) is 6. The number of benzene rings is 1. The van der Waals surface area contributed by atoms with Gasteiger partial charge in [-0.3, -0.25) is 14.0 Å². The molecule has 2 aromatic heterocycles. The molecule has 2 aliphatic heterocycles. The van der Waals surface area contributed by atoms with E-state index in [1.54, 1.807) is 16.5 Å². The zero-order chi connectivity index (χ0) is 19.1. The largest absolute Gasteiger partial charge is 0.485 e. The molecule has 144 valence electrons. The lowest BCUT2D eigenvalue weighted by Gasteiger charge is -2.38. The molecule has 3 aromatic rings. The maximum Gasteiger partial charge on any atom is 0.271 e. The minimum absolute atomic E-state index is 0.0810. The molecule has 4 heterocycles. The Morgan fingerprint density at radius 1 is 1.21 bits per heavy atom. The third-order valence-electron chi connectivity index (χ3n) is 5.40. The standard InChI is InChI=1S/C20H19N3O4S/c24-17(15-11-21-19-23(18(15)25)7-10-28-19)22-12-14-3-1-2-4-16(14)27-20(13-22)5-8-26-9-6-20/h1-4,7,10-11H,5-6,8-9,12-13H2. The number of aromatic nitrogens is 2. The third-order valence-corrected chi connectivity index (χ3v) is 6.17. The predicted molar refractivity (Wildman–Crippen MR) is 104 cm³/mol. The van der Waals surface area contributed by atoms with Crippen molar-refractivity contribution >= 4 is 22.2 Å². The van der Waals surface area contributed by atoms with Crippen molar-refractivity contribution in [1.29, 1.82) is 0 Å². The first kappa shape index (κ1) is 17.4. The molecule has 1 spiro atoms. The summed E-state index contributed by atoms with van der Waals surface area (Å²) in [5.74, 6) is 0.479. The zero-order valence-electron chi connectivity index (χ0n) is 15.2. The molecule has 0 N–H and O–H groups in total. The van der Waals surface area contributed by atoms with Crippen LogP contribution in [0.2, 0.25) is 0 Å². The highest BCUT2D eigenvalue weighted by molar-refractivity contribution is 7.15. The molecule has 1 amide bonds. The molecular formula is C20H19N3O4S. The van der Waals surface area contributed by atoms with Crippen molar-refractivity contribution in [2.24, 2.45) is 0 Å². The third kappa shape index (κ3) is 2.89. The number of thiazole rings is 1. The van der Waals surface area contributed by atoms with E-state index in [1.807, 2.05) is 24.3 Å². The van der Waals surface area contributed by atoms with Gasteiger partial charge < -0.3 is 14.4 Å². The number of hydrogen-bond donors (Lipinski definition) is 0. The highest BCUT2D eigenvalue weighted by Gasteiger charge is 2.41. The van der Waals surface area contributed by atoms with Gasteiger partial charge in [0.15, 0.2) is 4.96 Å². The Morgan fingerprint density at radius 3 is 2.89 bits per heavy atom. The summed E-state index contributed by atoms with van der Waals surface area (Å²) >= 11 is 1.36. The van der Waals surface area contributed by atoms with Gasteiger partial charge >= 0.3 is 0 Å². The first-order valence-corrected chi connectivity index (χ1v) is 10.1. The number of carbonyl (C=O) groups excluding carboxylic acids is 1. The van der Waals surface area contributed by atoms with E-state index in [0.717, 1.165) is 11.3 Å². The normalized spacial score (nSPS) is 18.5. The molecule has 0 unspecified atom stereocenters. The van der Waals surface area contributed by atoms with Gasteiger partial charge in [-0.15, -0.1) is 11.3 Å². The summed E-state index contributed by atoms with van der Waals surface area (Å²) < 4.78 is 13.4. The van der Waals surface area contributed by atoms with Gasteiger partial charge in [-0.2, -0.15) is 0 Å². The van der Waals surface area contributed by atoms with Crippen molar-refractivity contribution in [1.82, 2.24) is 14.3 Å². The van der Waals surface area contributed by atoms with E-state index in [-0.39, 0.29) is 17.0 Å². The number of rotatable bonds is 1. The summed E-state index contributed by atoms with van der Waals surface area (Å²) in [4.78, 5) is 32.7. The first-order valence-electron chi connectivity index (χ1n) is 9.24. The highest BCUT2D eigenvalue weighted by Crippen LogP contribution is 2.35. The molecule has 2 aliphatic rings. The van der Waals surface area contributed by atoms with Crippen molar-refractivity contribution in [2.45, 2.75) is 25.0 Å². The molecule has 0 bridgehead atoms. The topological polar surface area (TPSA) is 73.1 Å². The molecule has 0 saturated carbocycles. The lowest BCUT2D eigenvalue weighted by molar-refractivity contribution is -0.0551. The molecule has 28 heavy (non-hydrogen) atoms. The Hall–Kier alpha value is -2.71. The van der Waals surface area contributed by atoms with E-state index in [4.69, 9.17) is 9.47 Å². The second kappa shape index (κ2) is 6.72. The minimum atomic E-state index is -0.503. The number of ether oxygens (including phenoxy) is 2. The minimum Gasteiger partial charge on any atom is -0.485 e. The van der Waals surface area contributed by atoms with Crippen LogP contribution < -0.4 is 10.3 Å². The van der Waals surface area contributed by atoms with E-state index in [0.29, 0.717) is 44.1 Å². The van der Waals surface area contributed by atoms with Crippen molar-refractivity contribution in [3.63, 3.8) is 0 Å². The quantitative estimate of drug-likeness (QED) is 0.630. The van der Waals surface area contributed by atoms with E-state index < -0.39 is 5.60 Å². The van der Waals surface area contributed by atoms with Crippen LogP contribution in [0.3, 0.4) is 0 Å². The van der Waals surface area contributed by atoms with Crippen molar-refractivity contribution < 1.29 is 14.3 Å². The van der Waals surface area contributed by atoms with Gasteiger partial charge in [0.1, 0.15) is 16.9 Å². The summed E-state index contributed by atoms with van der Waals surface area (Å²) in [7, 11) is 0. The molecule has 1 fully saturated rings. The van der Waals surface area contributed by atoms with E-state index in [2.05, 4.69) is 4.98 Å². The number of amides is 1. The molecule has 0 radical (unpaired) electrons. The average molecular weight is 397 g/mol. The zero-order valence-corrected chi connectivity index (χ0v) is 16.0. The molecule has 0 aliphatic carbocycles. The second-order valence-corrected chi connectivity index (χ2v) is 8.07. The highest BCUT2D eigenvalue weighted by atomic mass is 32.1. The van der Waals surface area contributed by atoms with Crippen LogP contribution in [-0.4, -0.2) is 45.6 Å². The summed E-state index contributed by atoms with van der Waals surface area (Å²) in [6.45, 7) is 1.99. The Bertz CT molecular complexity index is 1100. The van der Waals surface area contributed by atoms with Gasteiger partial charge in [0, 0.05) is 42.7 Å². The van der Waals surface area contributed by atoms with Gasteiger partial charge in [0.05, 0.1) is 19.8 Å². The smallest absolute Gasteiger partial charge is 0.271 e. The molecule has 7 nitrogen and oxygen atoms in total.